The maximum Gasteiger partial charge on any atom is 0.410 e. The number of ether oxygens (including phenoxy) is 1. The molecule has 1 amide bonds. The average molecular weight is 474 g/mol. The van der Waals surface area contributed by atoms with Gasteiger partial charge in [0.25, 0.3) is 0 Å². The summed E-state index contributed by atoms with van der Waals surface area (Å²) in [6, 6.07) is 19.0. The molecule has 0 radical (unpaired) electrons. The van der Waals surface area contributed by atoms with E-state index in [9.17, 15) is 10.1 Å². The van der Waals surface area contributed by atoms with E-state index < -0.39 is 0 Å². The van der Waals surface area contributed by atoms with Crippen LogP contribution in [0.4, 0.5) is 4.79 Å². The van der Waals surface area contributed by atoms with Crippen LogP contribution in [0.3, 0.4) is 0 Å². The van der Waals surface area contributed by atoms with Crippen LogP contribution in [-0.4, -0.2) is 44.3 Å². The van der Waals surface area contributed by atoms with E-state index >= 15 is 0 Å². The molecule has 7 heteroatoms. The third-order valence-corrected chi connectivity index (χ3v) is 7.79. The lowest BCUT2D eigenvalue weighted by molar-refractivity contribution is 0.0866. The maximum atomic E-state index is 13.3. The molecule has 1 aliphatic carbocycles. The zero-order valence-corrected chi connectivity index (χ0v) is 19.5. The van der Waals surface area contributed by atoms with E-state index in [-0.39, 0.29) is 24.1 Å². The van der Waals surface area contributed by atoms with Crippen LogP contribution in [0.5, 0.6) is 0 Å². The summed E-state index contributed by atoms with van der Waals surface area (Å²) in [5.74, 6) is 0.0556. The van der Waals surface area contributed by atoms with Crippen LogP contribution in [0.15, 0.2) is 73.2 Å². The van der Waals surface area contributed by atoms with Gasteiger partial charge in [-0.25, -0.2) is 14.3 Å². The molecule has 2 aliphatic heterocycles. The highest BCUT2D eigenvalue weighted by Gasteiger charge is 2.41. The predicted molar refractivity (Wildman–Crippen MR) is 134 cm³/mol. The summed E-state index contributed by atoms with van der Waals surface area (Å²) in [7, 11) is 0. The van der Waals surface area contributed by atoms with Gasteiger partial charge in [0.2, 0.25) is 0 Å². The van der Waals surface area contributed by atoms with Crippen LogP contribution < -0.4 is 0 Å². The van der Waals surface area contributed by atoms with E-state index in [1.54, 1.807) is 10.7 Å². The van der Waals surface area contributed by atoms with Crippen molar-refractivity contribution >= 4 is 17.3 Å². The summed E-state index contributed by atoms with van der Waals surface area (Å²) in [4.78, 5) is 19.7. The minimum atomic E-state index is -0.237. The van der Waals surface area contributed by atoms with Crippen molar-refractivity contribution in [3.63, 3.8) is 0 Å². The van der Waals surface area contributed by atoms with Gasteiger partial charge in [-0.05, 0) is 47.1 Å². The van der Waals surface area contributed by atoms with E-state index in [0.29, 0.717) is 17.8 Å². The first kappa shape index (κ1) is 20.9. The molecule has 3 aliphatic rings. The van der Waals surface area contributed by atoms with Gasteiger partial charge in [-0.15, -0.1) is 0 Å². The Morgan fingerprint density at radius 3 is 2.53 bits per heavy atom. The summed E-state index contributed by atoms with van der Waals surface area (Å²) >= 11 is 0. The molecule has 0 N–H and O–H groups in total. The lowest BCUT2D eigenvalue weighted by atomic mass is 9.97. The van der Waals surface area contributed by atoms with Gasteiger partial charge in [0.05, 0.1) is 12.2 Å². The smallest absolute Gasteiger partial charge is 0.410 e. The van der Waals surface area contributed by atoms with Gasteiger partial charge in [-0.2, -0.15) is 10.4 Å². The number of hydrogen-bond acceptors (Lipinski definition) is 5. The standard InChI is InChI=1S/C29H23N5O2/c30-13-19-15-32-33-16-20(14-31-28(19)33)18-11-21-9-10-22(12-18)34(21)29(35)36-17-27-25-7-3-1-5-23(25)24-6-2-4-8-26(24)27/h1-8,11,14-16,21-22,27H,9-10,12,17H2. The minimum Gasteiger partial charge on any atom is -0.448 e. The van der Waals surface area contributed by atoms with Crippen LogP contribution in [-0.2, 0) is 4.74 Å². The third-order valence-electron chi connectivity index (χ3n) is 7.79. The number of fused-ring (bicyclic) bond motifs is 6. The van der Waals surface area contributed by atoms with Crippen molar-refractivity contribution in [3.8, 4) is 17.2 Å². The lowest BCUT2D eigenvalue weighted by Gasteiger charge is -2.33. The summed E-state index contributed by atoms with van der Waals surface area (Å²) < 4.78 is 7.62. The predicted octanol–water partition coefficient (Wildman–Crippen LogP) is 5.17. The Hall–Kier alpha value is -4.44. The quantitative estimate of drug-likeness (QED) is 0.410. The SMILES string of the molecule is N#Cc1cnn2cc(C3=CC4CCC(C3)N4C(=O)OCC3c4ccccc4-c4ccccc43)cnc12. The van der Waals surface area contributed by atoms with Crippen molar-refractivity contribution < 1.29 is 9.53 Å². The Labute approximate surface area is 208 Å². The van der Waals surface area contributed by atoms with Gasteiger partial charge < -0.3 is 4.74 Å². The number of benzene rings is 2. The van der Waals surface area contributed by atoms with E-state index in [4.69, 9.17) is 4.74 Å². The zero-order valence-electron chi connectivity index (χ0n) is 19.5. The molecule has 2 aromatic heterocycles. The fourth-order valence-corrected chi connectivity index (χ4v) is 6.12. The molecule has 2 bridgehead atoms. The third kappa shape index (κ3) is 3.14. The van der Waals surface area contributed by atoms with Crippen LogP contribution in [0.2, 0.25) is 0 Å². The summed E-state index contributed by atoms with van der Waals surface area (Å²) in [6.07, 6.45) is 9.80. The molecule has 7 rings (SSSR count). The second kappa shape index (κ2) is 8.06. The summed E-state index contributed by atoms with van der Waals surface area (Å²) in [6.45, 7) is 0.334. The zero-order chi connectivity index (χ0) is 24.2. The van der Waals surface area contributed by atoms with Gasteiger partial charge in [0, 0.05) is 29.9 Å². The summed E-state index contributed by atoms with van der Waals surface area (Å²) in [5, 5.41) is 13.5. The van der Waals surface area contributed by atoms with Crippen molar-refractivity contribution in [1.82, 2.24) is 19.5 Å². The second-order valence-electron chi connectivity index (χ2n) is 9.69. The molecule has 176 valence electrons. The molecular formula is C29H23N5O2. The number of aromatic nitrogens is 3. The van der Waals surface area contributed by atoms with Gasteiger partial charge >= 0.3 is 6.09 Å². The molecule has 2 unspecified atom stereocenters. The van der Waals surface area contributed by atoms with E-state index in [2.05, 4.69) is 58.6 Å². The molecule has 4 heterocycles. The van der Waals surface area contributed by atoms with E-state index in [0.717, 1.165) is 30.4 Å². The molecule has 0 spiro atoms. The molecule has 0 saturated carbocycles. The number of amides is 1. The van der Waals surface area contributed by atoms with E-state index in [1.165, 1.54) is 28.5 Å². The Morgan fingerprint density at radius 1 is 1.06 bits per heavy atom. The summed E-state index contributed by atoms with van der Waals surface area (Å²) in [5.41, 5.74) is 8.04. The van der Waals surface area contributed by atoms with Gasteiger partial charge in [0.1, 0.15) is 18.2 Å². The molecular weight excluding hydrogens is 450 g/mol. The topological polar surface area (TPSA) is 83.5 Å². The highest BCUT2D eigenvalue weighted by Crippen LogP contribution is 2.45. The van der Waals surface area contributed by atoms with Gasteiger partial charge in [0.15, 0.2) is 5.65 Å². The molecule has 2 atom stereocenters. The number of nitriles is 1. The molecule has 36 heavy (non-hydrogen) atoms. The Morgan fingerprint density at radius 2 is 1.81 bits per heavy atom. The average Bonchev–Trinajstić information content (AvgIpc) is 3.56. The Balaban J connectivity index is 1.10. The van der Waals surface area contributed by atoms with Crippen LogP contribution in [0.1, 0.15) is 47.4 Å². The first-order chi connectivity index (χ1) is 17.7. The first-order valence-electron chi connectivity index (χ1n) is 12.3. The lowest BCUT2D eigenvalue weighted by Crippen LogP contribution is -2.43. The monoisotopic (exact) mass is 473 g/mol. The van der Waals surface area contributed by atoms with Gasteiger partial charge in [-0.3, -0.25) is 4.90 Å². The largest absolute Gasteiger partial charge is 0.448 e. The van der Waals surface area contributed by atoms with Crippen molar-refractivity contribution in [1.29, 1.82) is 5.26 Å². The fraction of sp³-hybridized carbons (Fsp3) is 0.241. The molecule has 4 aromatic rings. The fourth-order valence-electron chi connectivity index (χ4n) is 6.12. The minimum absolute atomic E-state index is 0.0115. The number of rotatable bonds is 3. The normalized spacial score (nSPS) is 20.1. The second-order valence-corrected chi connectivity index (χ2v) is 9.69. The van der Waals surface area contributed by atoms with Crippen LogP contribution >= 0.6 is 0 Å². The van der Waals surface area contributed by atoms with Crippen LogP contribution in [0, 0.1) is 11.3 Å². The Bertz CT molecular complexity index is 1550. The van der Waals surface area contributed by atoms with Crippen molar-refractivity contribution in [2.75, 3.05) is 6.61 Å². The highest BCUT2D eigenvalue weighted by molar-refractivity contribution is 5.79. The van der Waals surface area contributed by atoms with Gasteiger partial charge in [-0.1, -0.05) is 54.6 Å². The number of carbonyl (C=O) groups is 1. The van der Waals surface area contributed by atoms with Crippen molar-refractivity contribution in [3.05, 3.63) is 95.5 Å². The first-order valence-corrected chi connectivity index (χ1v) is 12.3. The molecule has 1 fully saturated rings. The molecule has 2 aromatic carbocycles. The molecule has 1 saturated heterocycles. The Kier molecular flexibility index (Phi) is 4.68. The van der Waals surface area contributed by atoms with Crippen LogP contribution in [0.25, 0.3) is 22.3 Å². The number of hydrogen-bond donors (Lipinski definition) is 0. The molecule has 7 nitrogen and oxygen atoms in total. The number of nitrogens with zero attached hydrogens (tertiary/aromatic N) is 5. The maximum absolute atomic E-state index is 13.3. The number of carbonyl (C=O) groups excluding carboxylic acids is 1. The van der Waals surface area contributed by atoms with Crippen molar-refractivity contribution in [2.24, 2.45) is 0 Å². The van der Waals surface area contributed by atoms with Crippen molar-refractivity contribution in [2.45, 2.75) is 37.3 Å². The van der Waals surface area contributed by atoms with E-state index in [1.807, 2.05) is 23.2 Å². The highest BCUT2D eigenvalue weighted by atomic mass is 16.6.